The number of carbonyl (C=O) groups is 2. The van der Waals surface area contributed by atoms with Crippen LogP contribution in [0.1, 0.15) is 65.1 Å². The topological polar surface area (TPSA) is 102 Å². The molecule has 2 aromatic heterocycles. The monoisotopic (exact) mass is 611 g/mol. The SMILES string of the molecule is CCCCCOc1ccc(C2C(C(=O)c3sc(C)nc3C)=C(O)C(=O)N2c2nc3ccc(Cl)cc3s2)cc1OCC. The number of halogens is 1. The lowest BCUT2D eigenvalue weighted by Crippen LogP contribution is -2.31. The molecule has 1 unspecified atom stereocenters. The van der Waals surface area contributed by atoms with E-state index in [1.54, 1.807) is 43.3 Å². The number of unbranched alkanes of at least 4 members (excludes halogenated alkanes) is 2. The third kappa shape index (κ3) is 5.68. The molecule has 1 N–H and O–H groups in total. The molecule has 0 saturated carbocycles. The average Bonchev–Trinajstić information content (AvgIpc) is 3.59. The maximum atomic E-state index is 14.0. The molecule has 0 bridgehead atoms. The van der Waals surface area contributed by atoms with E-state index in [1.165, 1.54) is 27.6 Å². The summed E-state index contributed by atoms with van der Waals surface area (Å²) >= 11 is 8.69. The Hall–Kier alpha value is -3.47. The maximum Gasteiger partial charge on any atom is 0.296 e. The quantitative estimate of drug-likeness (QED) is 0.136. The lowest BCUT2D eigenvalue weighted by molar-refractivity contribution is -0.117. The molecular weight excluding hydrogens is 582 g/mol. The van der Waals surface area contributed by atoms with Crippen molar-refractivity contribution in [2.75, 3.05) is 18.1 Å². The minimum atomic E-state index is -0.957. The van der Waals surface area contributed by atoms with Crippen LogP contribution in [0, 0.1) is 13.8 Å². The number of aryl methyl sites for hydroxylation is 2. The molecule has 8 nitrogen and oxygen atoms in total. The number of anilines is 1. The number of aliphatic hydroxyl groups is 1. The van der Waals surface area contributed by atoms with Crippen molar-refractivity contribution in [3.63, 3.8) is 0 Å². The minimum Gasteiger partial charge on any atom is -0.503 e. The first kappa shape index (κ1) is 29.0. The predicted octanol–water partition coefficient (Wildman–Crippen LogP) is 7.77. The summed E-state index contributed by atoms with van der Waals surface area (Å²) in [5.74, 6) is -0.700. The van der Waals surface area contributed by atoms with Gasteiger partial charge >= 0.3 is 0 Å². The number of ether oxygens (including phenoxy) is 2. The third-order valence-corrected chi connectivity index (χ3v) is 9.02. The minimum absolute atomic E-state index is 0.0295. The van der Waals surface area contributed by atoms with E-state index in [0.29, 0.717) is 56.5 Å². The fourth-order valence-corrected chi connectivity index (χ4v) is 6.96. The Kier molecular flexibility index (Phi) is 8.63. The van der Waals surface area contributed by atoms with Crippen LogP contribution in [0.3, 0.4) is 0 Å². The van der Waals surface area contributed by atoms with E-state index in [4.69, 9.17) is 21.1 Å². The standard InChI is InChI=1S/C30H30ClN3O5S2/c1-5-7-8-13-39-21-12-9-18(14-22(21)38-6-2)25-24(26(35)28-16(3)32-17(4)40-28)27(36)29(37)34(25)30-33-20-11-10-19(31)15-23(20)41-30/h9-12,14-15,25,36H,5-8,13H2,1-4H3. The van der Waals surface area contributed by atoms with Gasteiger partial charge in [0, 0.05) is 5.02 Å². The molecule has 3 heterocycles. The summed E-state index contributed by atoms with van der Waals surface area (Å²) < 4.78 is 12.7. The summed E-state index contributed by atoms with van der Waals surface area (Å²) in [6, 6.07) is 9.66. The van der Waals surface area contributed by atoms with Crippen LogP contribution in [0.4, 0.5) is 5.13 Å². The highest BCUT2D eigenvalue weighted by molar-refractivity contribution is 7.22. The molecule has 41 heavy (non-hydrogen) atoms. The highest BCUT2D eigenvalue weighted by atomic mass is 35.5. The van der Waals surface area contributed by atoms with E-state index in [-0.39, 0.29) is 5.57 Å². The van der Waals surface area contributed by atoms with Crippen LogP contribution in [-0.4, -0.2) is 40.0 Å². The zero-order valence-electron chi connectivity index (χ0n) is 23.2. The number of benzene rings is 2. The number of Topliss-reactive ketones (excluding diaryl/α,β-unsaturated/α-hetero) is 1. The van der Waals surface area contributed by atoms with E-state index >= 15 is 0 Å². The molecule has 0 spiro atoms. The molecule has 1 aliphatic heterocycles. The smallest absolute Gasteiger partial charge is 0.296 e. The number of amides is 1. The predicted molar refractivity (Wildman–Crippen MR) is 163 cm³/mol. The first-order valence-corrected chi connectivity index (χ1v) is 15.5. The van der Waals surface area contributed by atoms with Crippen molar-refractivity contribution in [1.29, 1.82) is 0 Å². The second kappa shape index (κ2) is 12.2. The molecule has 0 aliphatic carbocycles. The van der Waals surface area contributed by atoms with Gasteiger partial charge in [0.2, 0.25) is 5.78 Å². The van der Waals surface area contributed by atoms with E-state index in [0.717, 1.165) is 29.0 Å². The summed E-state index contributed by atoms with van der Waals surface area (Å²) in [4.78, 5) is 38.5. The zero-order valence-corrected chi connectivity index (χ0v) is 25.6. The van der Waals surface area contributed by atoms with Gasteiger partial charge in [-0.3, -0.25) is 14.5 Å². The molecule has 1 amide bonds. The Morgan fingerprint density at radius 1 is 1.05 bits per heavy atom. The highest BCUT2D eigenvalue weighted by Gasteiger charge is 2.46. The van der Waals surface area contributed by atoms with Gasteiger partial charge in [-0.1, -0.05) is 48.8 Å². The number of fused-ring (bicyclic) bond motifs is 1. The molecular formula is C30H30ClN3O5S2. The molecule has 2 aromatic carbocycles. The van der Waals surface area contributed by atoms with Gasteiger partial charge in [-0.05, 0) is 63.1 Å². The van der Waals surface area contributed by atoms with Crippen LogP contribution >= 0.6 is 34.3 Å². The van der Waals surface area contributed by atoms with E-state index < -0.39 is 23.5 Å². The van der Waals surface area contributed by atoms with Gasteiger partial charge in [0.25, 0.3) is 5.91 Å². The molecule has 5 rings (SSSR count). The number of aliphatic hydroxyl groups excluding tert-OH is 1. The second-order valence-corrected chi connectivity index (χ2v) is 12.3. The van der Waals surface area contributed by atoms with Crippen molar-refractivity contribution in [3.05, 3.63) is 73.9 Å². The van der Waals surface area contributed by atoms with Crippen molar-refractivity contribution in [2.24, 2.45) is 0 Å². The largest absolute Gasteiger partial charge is 0.503 e. The average molecular weight is 612 g/mol. The number of hydrogen-bond acceptors (Lipinski definition) is 9. The Morgan fingerprint density at radius 2 is 1.85 bits per heavy atom. The number of hydrogen-bond donors (Lipinski definition) is 1. The van der Waals surface area contributed by atoms with Crippen LogP contribution < -0.4 is 14.4 Å². The van der Waals surface area contributed by atoms with Gasteiger partial charge in [-0.15, -0.1) is 11.3 Å². The van der Waals surface area contributed by atoms with Crippen LogP contribution in [0.15, 0.2) is 47.7 Å². The van der Waals surface area contributed by atoms with Crippen molar-refractivity contribution in [3.8, 4) is 11.5 Å². The fourth-order valence-electron chi connectivity index (χ4n) is 4.82. The van der Waals surface area contributed by atoms with Crippen molar-refractivity contribution < 1.29 is 24.2 Å². The van der Waals surface area contributed by atoms with E-state index in [1.807, 2.05) is 13.8 Å². The van der Waals surface area contributed by atoms with Crippen molar-refractivity contribution in [1.82, 2.24) is 9.97 Å². The number of ketones is 1. The second-order valence-electron chi connectivity index (χ2n) is 9.62. The molecule has 0 fully saturated rings. The van der Waals surface area contributed by atoms with Gasteiger partial charge in [0.1, 0.15) is 0 Å². The Morgan fingerprint density at radius 3 is 2.56 bits per heavy atom. The summed E-state index contributed by atoms with van der Waals surface area (Å²) in [5.41, 5.74) is 1.74. The van der Waals surface area contributed by atoms with Crippen LogP contribution in [0.2, 0.25) is 5.02 Å². The highest BCUT2D eigenvalue weighted by Crippen LogP contribution is 2.46. The summed E-state index contributed by atoms with van der Waals surface area (Å²) in [6.07, 6.45) is 3.05. The van der Waals surface area contributed by atoms with Gasteiger partial charge < -0.3 is 14.6 Å². The maximum absolute atomic E-state index is 14.0. The number of aromatic nitrogens is 2. The molecule has 0 radical (unpaired) electrons. The Bertz CT molecular complexity index is 1660. The number of carbonyl (C=O) groups excluding carboxylic acids is 2. The summed E-state index contributed by atoms with van der Waals surface area (Å²) in [6.45, 7) is 8.50. The molecule has 1 atom stereocenters. The fraction of sp³-hybridized carbons (Fsp3) is 0.333. The van der Waals surface area contributed by atoms with Crippen LogP contribution in [0.25, 0.3) is 10.2 Å². The molecule has 4 aromatic rings. The molecule has 214 valence electrons. The van der Waals surface area contributed by atoms with Crippen LogP contribution in [0.5, 0.6) is 11.5 Å². The molecule has 0 saturated heterocycles. The van der Waals surface area contributed by atoms with Crippen molar-refractivity contribution >= 4 is 61.3 Å². The van der Waals surface area contributed by atoms with Gasteiger partial charge in [0.05, 0.1) is 50.6 Å². The number of nitrogens with zero attached hydrogens (tertiary/aromatic N) is 3. The van der Waals surface area contributed by atoms with Gasteiger partial charge in [0.15, 0.2) is 22.4 Å². The van der Waals surface area contributed by atoms with Gasteiger partial charge in [-0.25, -0.2) is 9.97 Å². The molecule has 1 aliphatic rings. The first-order valence-electron chi connectivity index (χ1n) is 13.4. The Labute approximate surface area is 251 Å². The number of rotatable bonds is 11. The lowest BCUT2D eigenvalue weighted by Gasteiger charge is -2.25. The van der Waals surface area contributed by atoms with E-state index in [9.17, 15) is 14.7 Å². The Balaban J connectivity index is 1.63. The van der Waals surface area contributed by atoms with E-state index in [2.05, 4.69) is 16.9 Å². The number of thiazole rings is 2. The first-order chi connectivity index (χ1) is 19.7. The summed E-state index contributed by atoms with van der Waals surface area (Å²) in [5, 5.41) is 12.8. The lowest BCUT2D eigenvalue weighted by atomic mass is 9.95. The van der Waals surface area contributed by atoms with Gasteiger partial charge in [-0.2, -0.15) is 0 Å². The summed E-state index contributed by atoms with van der Waals surface area (Å²) in [7, 11) is 0. The normalized spacial score (nSPS) is 15.3. The van der Waals surface area contributed by atoms with Crippen LogP contribution in [-0.2, 0) is 4.79 Å². The third-order valence-electron chi connectivity index (χ3n) is 6.70. The van der Waals surface area contributed by atoms with Crippen molar-refractivity contribution in [2.45, 2.75) is 53.0 Å². The zero-order chi connectivity index (χ0) is 29.3. The molecule has 11 heteroatoms.